The molecule has 0 aromatic carbocycles. The average molecular weight is 272 g/mol. The van der Waals surface area contributed by atoms with Crippen LogP contribution in [-0.4, -0.2) is 53.1 Å². The second-order valence-corrected chi connectivity index (χ2v) is 4.27. The van der Waals surface area contributed by atoms with Crippen molar-refractivity contribution in [3.8, 4) is 5.75 Å². The van der Waals surface area contributed by atoms with Crippen LogP contribution in [0.1, 0.15) is 16.9 Å². The van der Waals surface area contributed by atoms with Crippen molar-refractivity contribution < 1.29 is 23.4 Å². The first-order valence-corrected chi connectivity index (χ1v) is 5.90. The number of halogens is 2. The van der Waals surface area contributed by atoms with Crippen molar-refractivity contribution >= 4 is 5.91 Å². The highest BCUT2D eigenvalue weighted by molar-refractivity contribution is 5.92. The Hall–Kier alpha value is -1.76. The second-order valence-electron chi connectivity index (χ2n) is 4.27. The summed E-state index contributed by atoms with van der Waals surface area (Å²) in [5, 5.41) is 9.37. The molecule has 0 saturated carbocycles. The molecule has 1 aromatic heterocycles. The predicted molar refractivity (Wildman–Crippen MR) is 62.3 cm³/mol. The number of aliphatic hydroxyl groups excluding tert-OH is 1. The molecule has 0 bridgehead atoms. The van der Waals surface area contributed by atoms with Crippen molar-refractivity contribution in [1.29, 1.82) is 0 Å². The Balaban J connectivity index is 2.03. The van der Waals surface area contributed by atoms with Crippen LogP contribution >= 0.6 is 0 Å². The van der Waals surface area contributed by atoms with E-state index < -0.39 is 19.1 Å². The van der Waals surface area contributed by atoms with E-state index in [4.69, 9.17) is 4.74 Å². The lowest BCUT2D eigenvalue weighted by Gasteiger charge is -2.15. The summed E-state index contributed by atoms with van der Waals surface area (Å²) < 4.78 is 28.9. The van der Waals surface area contributed by atoms with Crippen molar-refractivity contribution in [2.24, 2.45) is 0 Å². The van der Waals surface area contributed by atoms with Gasteiger partial charge in [0.15, 0.2) is 0 Å². The molecule has 0 radical (unpaired) electrons. The van der Waals surface area contributed by atoms with E-state index in [9.17, 15) is 18.7 Å². The number of rotatable bonds is 4. The molecule has 1 N–H and O–H groups in total. The maximum atomic E-state index is 12.0. The zero-order chi connectivity index (χ0) is 13.8. The van der Waals surface area contributed by atoms with Gasteiger partial charge in [0.2, 0.25) is 0 Å². The van der Waals surface area contributed by atoms with Gasteiger partial charge in [0, 0.05) is 25.4 Å². The molecule has 104 valence electrons. The summed E-state index contributed by atoms with van der Waals surface area (Å²) in [5.74, 6) is -0.155. The molecule has 0 spiro atoms. The molecular formula is C12H14F2N2O3. The van der Waals surface area contributed by atoms with Crippen LogP contribution in [0.5, 0.6) is 5.75 Å². The normalized spacial score (nSPS) is 18.9. The van der Waals surface area contributed by atoms with Gasteiger partial charge in [0.25, 0.3) is 12.3 Å². The molecule has 1 amide bonds. The first-order valence-electron chi connectivity index (χ1n) is 5.90. The number of aliphatic hydroxyl groups is 1. The molecule has 1 atom stereocenters. The largest absolute Gasteiger partial charge is 0.488 e. The molecule has 19 heavy (non-hydrogen) atoms. The molecule has 1 aromatic rings. The quantitative estimate of drug-likeness (QED) is 0.885. The molecule has 2 heterocycles. The van der Waals surface area contributed by atoms with E-state index >= 15 is 0 Å². The van der Waals surface area contributed by atoms with Crippen LogP contribution in [0.25, 0.3) is 0 Å². The van der Waals surface area contributed by atoms with Crippen molar-refractivity contribution in [3.05, 3.63) is 24.0 Å². The molecule has 2 rings (SSSR count). The van der Waals surface area contributed by atoms with E-state index in [1.165, 1.54) is 23.2 Å². The lowest BCUT2D eigenvalue weighted by atomic mass is 10.3. The van der Waals surface area contributed by atoms with Crippen LogP contribution in [0.15, 0.2) is 18.3 Å². The van der Waals surface area contributed by atoms with E-state index in [1.807, 2.05) is 0 Å². The number of nitrogens with zero attached hydrogens (tertiary/aromatic N) is 2. The standard InChI is InChI=1S/C12H14F2N2O3/c13-11(14)7-19-9-1-3-15-10(5-9)12(18)16-4-2-8(17)6-16/h1,3,5,8,11,17H,2,4,6-7H2/t8-/m1/s1. The Morgan fingerprint density at radius 2 is 2.42 bits per heavy atom. The van der Waals surface area contributed by atoms with E-state index in [0.717, 1.165) is 0 Å². The number of alkyl halides is 2. The first-order chi connectivity index (χ1) is 9.06. The monoisotopic (exact) mass is 272 g/mol. The van der Waals surface area contributed by atoms with E-state index in [0.29, 0.717) is 13.0 Å². The Morgan fingerprint density at radius 1 is 1.63 bits per heavy atom. The molecule has 0 aliphatic carbocycles. The summed E-state index contributed by atoms with van der Waals surface area (Å²) in [5.41, 5.74) is 0.126. The number of hydrogen-bond donors (Lipinski definition) is 1. The highest BCUT2D eigenvalue weighted by Gasteiger charge is 2.26. The van der Waals surface area contributed by atoms with Gasteiger partial charge in [-0.1, -0.05) is 0 Å². The lowest BCUT2D eigenvalue weighted by Crippen LogP contribution is -2.30. The van der Waals surface area contributed by atoms with Crippen LogP contribution in [0.2, 0.25) is 0 Å². The maximum absolute atomic E-state index is 12.0. The van der Waals surface area contributed by atoms with Crippen LogP contribution in [0.3, 0.4) is 0 Å². The number of carbonyl (C=O) groups is 1. The second kappa shape index (κ2) is 5.92. The average Bonchev–Trinajstić information content (AvgIpc) is 2.82. The minimum absolute atomic E-state index is 0.126. The molecule has 5 nitrogen and oxygen atoms in total. The van der Waals surface area contributed by atoms with Gasteiger partial charge in [0.05, 0.1) is 6.10 Å². The molecule has 1 aliphatic rings. The molecule has 1 saturated heterocycles. The topological polar surface area (TPSA) is 62.7 Å². The smallest absolute Gasteiger partial charge is 0.272 e. The Labute approximate surface area is 108 Å². The van der Waals surface area contributed by atoms with Gasteiger partial charge in [0.1, 0.15) is 18.1 Å². The highest BCUT2D eigenvalue weighted by atomic mass is 19.3. The summed E-state index contributed by atoms with van der Waals surface area (Å²) in [6.45, 7) is 0.00645. The minimum Gasteiger partial charge on any atom is -0.488 e. The number of aromatic nitrogens is 1. The number of hydrogen-bond acceptors (Lipinski definition) is 4. The van der Waals surface area contributed by atoms with Crippen molar-refractivity contribution in [3.63, 3.8) is 0 Å². The van der Waals surface area contributed by atoms with E-state index in [1.54, 1.807) is 0 Å². The summed E-state index contributed by atoms with van der Waals surface area (Å²) in [4.78, 5) is 17.4. The Bertz CT molecular complexity index is 456. The fourth-order valence-corrected chi connectivity index (χ4v) is 1.87. The van der Waals surface area contributed by atoms with E-state index in [2.05, 4.69) is 4.98 Å². The summed E-state index contributed by atoms with van der Waals surface area (Å²) in [6, 6.07) is 2.74. The van der Waals surface area contributed by atoms with Gasteiger partial charge < -0.3 is 14.7 Å². The van der Waals surface area contributed by atoms with Crippen LogP contribution in [0.4, 0.5) is 8.78 Å². The third kappa shape index (κ3) is 3.60. The van der Waals surface area contributed by atoms with E-state index in [-0.39, 0.29) is 23.9 Å². The zero-order valence-corrected chi connectivity index (χ0v) is 10.1. The van der Waals surface area contributed by atoms with Crippen LogP contribution < -0.4 is 4.74 Å². The van der Waals surface area contributed by atoms with Gasteiger partial charge in [-0.3, -0.25) is 9.78 Å². The number of amides is 1. The SMILES string of the molecule is O=C(c1cc(OCC(F)F)ccn1)N1CC[C@@H](O)C1. The van der Waals surface area contributed by atoms with Crippen molar-refractivity contribution in [2.75, 3.05) is 19.7 Å². The highest BCUT2D eigenvalue weighted by Crippen LogP contribution is 2.16. The predicted octanol–water partition coefficient (Wildman–Crippen LogP) is 0.932. The van der Waals surface area contributed by atoms with Crippen molar-refractivity contribution in [2.45, 2.75) is 19.0 Å². The van der Waals surface area contributed by atoms with Gasteiger partial charge >= 0.3 is 0 Å². The Kier molecular flexibility index (Phi) is 4.26. The third-order valence-corrected chi connectivity index (χ3v) is 2.78. The van der Waals surface area contributed by atoms with Crippen molar-refractivity contribution in [1.82, 2.24) is 9.88 Å². The Morgan fingerprint density at radius 3 is 3.05 bits per heavy atom. The summed E-state index contributed by atoms with van der Waals surface area (Å²) >= 11 is 0. The van der Waals surface area contributed by atoms with Gasteiger partial charge in [-0.05, 0) is 12.5 Å². The fourth-order valence-electron chi connectivity index (χ4n) is 1.87. The summed E-state index contributed by atoms with van der Waals surface area (Å²) in [6.07, 6.45) is -1.21. The fraction of sp³-hybridized carbons (Fsp3) is 0.500. The number of ether oxygens (including phenoxy) is 1. The van der Waals surface area contributed by atoms with Gasteiger partial charge in [-0.15, -0.1) is 0 Å². The zero-order valence-electron chi connectivity index (χ0n) is 10.1. The van der Waals surface area contributed by atoms with Crippen LogP contribution in [-0.2, 0) is 0 Å². The number of carbonyl (C=O) groups excluding carboxylic acids is 1. The molecule has 0 unspecified atom stereocenters. The molecule has 1 fully saturated rings. The summed E-state index contributed by atoms with van der Waals surface area (Å²) in [7, 11) is 0. The van der Waals surface area contributed by atoms with Crippen LogP contribution in [0, 0.1) is 0 Å². The number of pyridine rings is 1. The molecule has 1 aliphatic heterocycles. The van der Waals surface area contributed by atoms with Gasteiger partial charge in [-0.2, -0.15) is 0 Å². The van der Waals surface area contributed by atoms with Gasteiger partial charge in [-0.25, -0.2) is 8.78 Å². The number of β-amino-alcohol motifs (C(OH)–C–C–N with tert-alkyl or cyclic N) is 1. The first kappa shape index (κ1) is 13.7. The maximum Gasteiger partial charge on any atom is 0.272 e. The third-order valence-electron chi connectivity index (χ3n) is 2.78. The number of likely N-dealkylation sites (tertiary alicyclic amines) is 1. The molecular weight excluding hydrogens is 258 g/mol. The lowest BCUT2D eigenvalue weighted by molar-refractivity contribution is 0.0755. The molecule has 7 heteroatoms. The minimum atomic E-state index is -2.57.